The Balaban J connectivity index is 0. The molecule has 0 aromatic carbocycles. The summed E-state index contributed by atoms with van der Waals surface area (Å²) in [6.45, 7) is 8.20. The molecule has 0 aliphatic heterocycles. The van der Waals surface area contributed by atoms with E-state index in [9.17, 15) is 4.79 Å². The zero-order valence-corrected chi connectivity index (χ0v) is 12.3. The molecule has 0 saturated heterocycles. The molecule has 0 atom stereocenters. The Bertz CT molecular complexity index is 250. The first-order valence-corrected chi connectivity index (χ1v) is 6.55. The fourth-order valence-corrected chi connectivity index (χ4v) is 1.53. The van der Waals surface area contributed by atoms with Gasteiger partial charge >= 0.3 is 12.1 Å². The molecule has 19 heavy (non-hydrogen) atoms. The number of carboxylic acid groups (broad SMARTS) is 1. The lowest BCUT2D eigenvalue weighted by atomic mass is 10.0. The second kappa shape index (κ2) is 11.8. The van der Waals surface area contributed by atoms with Crippen molar-refractivity contribution in [2.45, 2.75) is 71.8 Å². The highest BCUT2D eigenvalue weighted by atomic mass is 17.1. The van der Waals surface area contributed by atoms with Crippen molar-refractivity contribution in [1.82, 2.24) is 0 Å². The molecule has 0 aromatic heterocycles. The van der Waals surface area contributed by atoms with Crippen LogP contribution in [0.5, 0.6) is 0 Å². The molecule has 114 valence electrons. The van der Waals surface area contributed by atoms with Crippen LogP contribution in [-0.2, 0) is 14.4 Å². The lowest BCUT2D eigenvalue weighted by molar-refractivity contribution is -0.194. The van der Waals surface area contributed by atoms with E-state index in [0.717, 1.165) is 32.1 Å². The number of ether oxygens (including phenoxy) is 1. The Morgan fingerprint density at radius 2 is 1.63 bits per heavy atom. The van der Waals surface area contributed by atoms with Gasteiger partial charge in [-0.15, -0.1) is 0 Å². The van der Waals surface area contributed by atoms with Crippen molar-refractivity contribution in [1.29, 1.82) is 0 Å². The predicted molar refractivity (Wildman–Crippen MR) is 71.0 cm³/mol. The molecule has 0 fully saturated rings. The van der Waals surface area contributed by atoms with E-state index in [4.69, 9.17) is 19.9 Å². The van der Waals surface area contributed by atoms with Crippen molar-refractivity contribution >= 4 is 12.1 Å². The minimum Gasteiger partial charge on any atom is -0.460 e. The van der Waals surface area contributed by atoms with Crippen LogP contribution in [0.15, 0.2) is 0 Å². The monoisotopic (exact) mass is 278 g/mol. The number of esters is 1. The maximum absolute atomic E-state index is 11.4. The van der Waals surface area contributed by atoms with Crippen LogP contribution in [0.25, 0.3) is 0 Å². The summed E-state index contributed by atoms with van der Waals surface area (Å²) in [5.41, 5.74) is -0.280. The van der Waals surface area contributed by atoms with E-state index in [1.807, 2.05) is 13.8 Å². The minimum absolute atomic E-state index is 0.0445. The van der Waals surface area contributed by atoms with Crippen LogP contribution in [0.3, 0.4) is 0 Å². The normalized spacial score (nSPS) is 10.2. The number of hydrogen-bond acceptors (Lipinski definition) is 5. The Morgan fingerprint density at radius 1 is 1.11 bits per heavy atom. The SMILES string of the molecule is CCCCCC(=O)OC(C)(C)CCC.O=C(O)OO. The van der Waals surface area contributed by atoms with Crippen LogP contribution in [0.4, 0.5) is 4.79 Å². The quantitative estimate of drug-likeness (QED) is 0.318. The van der Waals surface area contributed by atoms with Gasteiger partial charge in [-0.3, -0.25) is 9.68 Å². The molecule has 0 amide bonds. The van der Waals surface area contributed by atoms with Crippen LogP contribution >= 0.6 is 0 Å². The van der Waals surface area contributed by atoms with E-state index < -0.39 is 6.16 Å². The summed E-state index contributed by atoms with van der Waals surface area (Å²) < 4.78 is 5.39. The Labute approximate surface area is 114 Å². The van der Waals surface area contributed by atoms with Crippen LogP contribution in [0.1, 0.15) is 66.2 Å². The fourth-order valence-electron chi connectivity index (χ4n) is 1.53. The largest absolute Gasteiger partial charge is 0.537 e. The van der Waals surface area contributed by atoms with Crippen molar-refractivity contribution in [3.8, 4) is 0 Å². The molecule has 0 aromatic rings. The lowest BCUT2D eigenvalue weighted by Crippen LogP contribution is -2.27. The maximum Gasteiger partial charge on any atom is 0.537 e. The van der Waals surface area contributed by atoms with Gasteiger partial charge in [0.05, 0.1) is 0 Å². The summed E-state index contributed by atoms with van der Waals surface area (Å²) in [5.74, 6) is -0.0445. The number of carbonyl (C=O) groups is 2. The molecule has 0 bridgehead atoms. The summed E-state index contributed by atoms with van der Waals surface area (Å²) in [6, 6.07) is 0. The van der Waals surface area contributed by atoms with Gasteiger partial charge in [-0.05, 0) is 26.7 Å². The van der Waals surface area contributed by atoms with Crippen molar-refractivity contribution in [2.75, 3.05) is 0 Å². The third kappa shape index (κ3) is 16.7. The van der Waals surface area contributed by atoms with Crippen molar-refractivity contribution < 1.29 is 29.6 Å². The molecule has 0 aliphatic rings. The van der Waals surface area contributed by atoms with Crippen molar-refractivity contribution in [3.05, 3.63) is 0 Å². The van der Waals surface area contributed by atoms with Crippen LogP contribution in [0.2, 0.25) is 0 Å². The predicted octanol–water partition coefficient (Wildman–Crippen LogP) is 3.84. The highest BCUT2D eigenvalue weighted by Crippen LogP contribution is 2.17. The zero-order chi connectivity index (χ0) is 15.3. The molecule has 0 radical (unpaired) electrons. The number of hydrogen-bond donors (Lipinski definition) is 2. The van der Waals surface area contributed by atoms with E-state index in [-0.39, 0.29) is 11.6 Å². The number of rotatable bonds is 7. The Kier molecular flexibility index (Phi) is 12.4. The minimum atomic E-state index is -1.69. The summed E-state index contributed by atoms with van der Waals surface area (Å²) >= 11 is 0. The topological polar surface area (TPSA) is 93.1 Å². The van der Waals surface area contributed by atoms with E-state index in [1.165, 1.54) is 0 Å². The van der Waals surface area contributed by atoms with Gasteiger partial charge in [0.1, 0.15) is 5.60 Å². The average Bonchev–Trinajstić information content (AvgIpc) is 2.29. The summed E-state index contributed by atoms with van der Waals surface area (Å²) in [4.78, 5) is 22.9. The molecule has 0 heterocycles. The molecular weight excluding hydrogens is 252 g/mol. The van der Waals surface area contributed by atoms with Gasteiger partial charge in [-0.1, -0.05) is 33.1 Å². The van der Waals surface area contributed by atoms with E-state index in [2.05, 4.69) is 18.7 Å². The summed E-state index contributed by atoms with van der Waals surface area (Å²) in [6.07, 6.45) is 4.08. The summed E-state index contributed by atoms with van der Waals surface area (Å²) in [7, 11) is 0. The fraction of sp³-hybridized carbons (Fsp3) is 0.846. The first kappa shape index (κ1) is 20.0. The van der Waals surface area contributed by atoms with Gasteiger partial charge in [0, 0.05) is 6.42 Å². The highest BCUT2D eigenvalue weighted by Gasteiger charge is 2.20. The zero-order valence-electron chi connectivity index (χ0n) is 12.3. The molecule has 0 aliphatic carbocycles. The van der Waals surface area contributed by atoms with Crippen LogP contribution < -0.4 is 0 Å². The standard InChI is InChI=1S/C12H24O2.CH2O4/c1-5-7-8-9-11(13)14-12(3,4)10-6-2;2-1(3)5-4/h5-10H2,1-4H3;4H,(H,2,3). The first-order valence-electron chi connectivity index (χ1n) is 6.55. The number of unbranched alkanes of at least 4 members (excludes halogenated alkanes) is 2. The lowest BCUT2D eigenvalue weighted by Gasteiger charge is -2.24. The third-order valence-electron chi connectivity index (χ3n) is 2.30. The van der Waals surface area contributed by atoms with Gasteiger partial charge < -0.3 is 9.84 Å². The van der Waals surface area contributed by atoms with E-state index >= 15 is 0 Å². The maximum atomic E-state index is 11.4. The second-order valence-electron chi connectivity index (χ2n) is 4.80. The van der Waals surface area contributed by atoms with Gasteiger partial charge in [0.2, 0.25) is 0 Å². The van der Waals surface area contributed by atoms with E-state index in [0.29, 0.717) is 6.42 Å². The molecule has 0 unspecified atom stereocenters. The van der Waals surface area contributed by atoms with Crippen molar-refractivity contribution in [2.24, 2.45) is 0 Å². The molecule has 0 spiro atoms. The smallest absolute Gasteiger partial charge is 0.460 e. The summed E-state index contributed by atoms with van der Waals surface area (Å²) in [5, 5.41) is 14.3. The van der Waals surface area contributed by atoms with Gasteiger partial charge in [-0.25, -0.2) is 4.79 Å². The van der Waals surface area contributed by atoms with Gasteiger partial charge in [-0.2, -0.15) is 5.26 Å². The molecule has 2 N–H and O–H groups in total. The molecule has 6 nitrogen and oxygen atoms in total. The van der Waals surface area contributed by atoms with Gasteiger partial charge in [0.25, 0.3) is 0 Å². The Morgan fingerprint density at radius 3 is 2.00 bits per heavy atom. The molecule has 0 saturated carbocycles. The van der Waals surface area contributed by atoms with E-state index in [1.54, 1.807) is 0 Å². The van der Waals surface area contributed by atoms with Crippen LogP contribution in [0, 0.1) is 0 Å². The van der Waals surface area contributed by atoms with Crippen LogP contribution in [-0.4, -0.2) is 28.1 Å². The average molecular weight is 278 g/mol. The molecule has 0 rings (SSSR count). The van der Waals surface area contributed by atoms with Gasteiger partial charge in [0.15, 0.2) is 0 Å². The third-order valence-corrected chi connectivity index (χ3v) is 2.30. The Hall–Kier alpha value is -1.30. The highest BCUT2D eigenvalue weighted by molar-refractivity contribution is 5.69. The molecular formula is C13H26O6. The van der Waals surface area contributed by atoms with Crippen molar-refractivity contribution in [3.63, 3.8) is 0 Å². The second-order valence-corrected chi connectivity index (χ2v) is 4.80. The number of carbonyl (C=O) groups excluding carboxylic acids is 1. The molecule has 6 heteroatoms. The first-order chi connectivity index (χ1) is 8.79.